The van der Waals surface area contributed by atoms with Crippen molar-refractivity contribution in [3.05, 3.63) is 24.3 Å². The maximum atomic E-state index is 12.4. The summed E-state index contributed by atoms with van der Waals surface area (Å²) in [5.41, 5.74) is 7.27. The van der Waals surface area contributed by atoms with Crippen LogP contribution in [0.25, 0.3) is 0 Å². The van der Waals surface area contributed by atoms with E-state index >= 15 is 0 Å². The van der Waals surface area contributed by atoms with Gasteiger partial charge in [-0.25, -0.2) is 4.79 Å². The first-order valence-electron chi connectivity index (χ1n) is 8.40. The van der Waals surface area contributed by atoms with Gasteiger partial charge in [0.25, 0.3) is 0 Å². The molecule has 1 heterocycles. The van der Waals surface area contributed by atoms with Crippen LogP contribution >= 0.6 is 0 Å². The van der Waals surface area contributed by atoms with Crippen LogP contribution in [-0.2, 0) is 4.74 Å². The molecule has 0 unspecified atom stereocenters. The largest absolute Gasteiger partial charge is 0.444 e. The van der Waals surface area contributed by atoms with E-state index in [2.05, 4.69) is 17.0 Å². The van der Waals surface area contributed by atoms with Crippen LogP contribution < -0.4 is 10.6 Å². The molecule has 0 radical (unpaired) electrons. The van der Waals surface area contributed by atoms with Crippen molar-refractivity contribution >= 4 is 17.5 Å². The van der Waals surface area contributed by atoms with Gasteiger partial charge in [-0.2, -0.15) is 0 Å². The summed E-state index contributed by atoms with van der Waals surface area (Å²) in [4.78, 5) is 16.6. The molecule has 0 aromatic heterocycles. The summed E-state index contributed by atoms with van der Waals surface area (Å²) in [7, 11) is 0. The van der Waals surface area contributed by atoms with Crippen LogP contribution in [0.15, 0.2) is 24.3 Å². The molecule has 1 aliphatic heterocycles. The van der Waals surface area contributed by atoms with Gasteiger partial charge >= 0.3 is 6.09 Å². The van der Waals surface area contributed by atoms with Gasteiger partial charge in [0.2, 0.25) is 0 Å². The molecule has 128 valence electrons. The van der Waals surface area contributed by atoms with E-state index in [0.29, 0.717) is 6.54 Å². The van der Waals surface area contributed by atoms with E-state index in [-0.39, 0.29) is 12.1 Å². The fraction of sp³-hybridized carbons (Fsp3) is 0.611. The smallest absolute Gasteiger partial charge is 0.410 e. The van der Waals surface area contributed by atoms with Gasteiger partial charge in [-0.3, -0.25) is 0 Å². The Labute approximate surface area is 139 Å². The number of anilines is 2. The van der Waals surface area contributed by atoms with Crippen molar-refractivity contribution in [2.45, 2.75) is 52.2 Å². The van der Waals surface area contributed by atoms with Gasteiger partial charge in [0.15, 0.2) is 0 Å². The van der Waals surface area contributed by atoms with Crippen LogP contribution in [-0.4, -0.2) is 42.3 Å². The van der Waals surface area contributed by atoms with E-state index < -0.39 is 5.60 Å². The Hall–Kier alpha value is -1.91. The number of nitrogens with two attached hydrogens (primary N) is 1. The highest BCUT2D eigenvalue weighted by Crippen LogP contribution is 2.24. The average molecular weight is 319 g/mol. The topological polar surface area (TPSA) is 58.8 Å². The lowest BCUT2D eigenvalue weighted by molar-refractivity contribution is 0.0149. The maximum Gasteiger partial charge on any atom is 0.410 e. The Morgan fingerprint density at radius 3 is 2.30 bits per heavy atom. The lowest BCUT2D eigenvalue weighted by Crippen LogP contribution is -2.48. The van der Waals surface area contributed by atoms with Gasteiger partial charge in [-0.1, -0.05) is 0 Å². The molecule has 5 nitrogen and oxygen atoms in total. The number of benzene rings is 1. The SMILES string of the molecule is CCN(C(=O)OC(C)(C)C)C1CCN(c2ccc(N)cc2)CC1. The van der Waals surface area contributed by atoms with E-state index in [0.717, 1.165) is 31.6 Å². The summed E-state index contributed by atoms with van der Waals surface area (Å²) in [5.74, 6) is 0. The third-order valence-electron chi connectivity index (χ3n) is 4.13. The Balaban J connectivity index is 1.94. The molecule has 1 aliphatic rings. The second-order valence-electron chi connectivity index (χ2n) is 7.08. The van der Waals surface area contributed by atoms with Gasteiger partial charge in [0.1, 0.15) is 5.60 Å². The third-order valence-corrected chi connectivity index (χ3v) is 4.13. The monoisotopic (exact) mass is 319 g/mol. The van der Waals surface area contributed by atoms with Gasteiger partial charge in [-0.05, 0) is 64.8 Å². The molecule has 1 aromatic rings. The Morgan fingerprint density at radius 2 is 1.83 bits per heavy atom. The first kappa shape index (κ1) is 17.4. The molecule has 0 spiro atoms. The molecule has 2 N–H and O–H groups in total. The van der Waals surface area contributed by atoms with Crippen LogP contribution in [0.1, 0.15) is 40.5 Å². The molecule has 1 amide bonds. The minimum atomic E-state index is -0.449. The average Bonchev–Trinajstić information content (AvgIpc) is 2.48. The normalized spacial score (nSPS) is 16.3. The van der Waals surface area contributed by atoms with Crippen molar-refractivity contribution in [3.63, 3.8) is 0 Å². The fourth-order valence-electron chi connectivity index (χ4n) is 2.98. The number of rotatable bonds is 3. The zero-order valence-corrected chi connectivity index (χ0v) is 14.7. The predicted molar refractivity (Wildman–Crippen MR) is 94.7 cm³/mol. The summed E-state index contributed by atoms with van der Waals surface area (Å²) in [5, 5.41) is 0. The zero-order chi connectivity index (χ0) is 17.0. The van der Waals surface area contributed by atoms with Crippen molar-refractivity contribution in [1.29, 1.82) is 0 Å². The number of amides is 1. The van der Waals surface area contributed by atoms with E-state index in [1.54, 1.807) is 0 Å². The maximum absolute atomic E-state index is 12.4. The highest BCUT2D eigenvalue weighted by molar-refractivity contribution is 5.68. The van der Waals surface area contributed by atoms with Gasteiger partial charge < -0.3 is 20.3 Å². The van der Waals surface area contributed by atoms with Gasteiger partial charge in [-0.15, -0.1) is 0 Å². The molecular weight excluding hydrogens is 290 g/mol. The van der Waals surface area contributed by atoms with Crippen LogP contribution in [0.3, 0.4) is 0 Å². The molecule has 2 rings (SSSR count). The third kappa shape index (κ3) is 4.78. The highest BCUT2D eigenvalue weighted by Gasteiger charge is 2.30. The number of piperidine rings is 1. The second kappa shape index (κ2) is 7.11. The molecule has 1 saturated heterocycles. The van der Waals surface area contributed by atoms with E-state index in [4.69, 9.17) is 10.5 Å². The van der Waals surface area contributed by atoms with Gasteiger partial charge in [0, 0.05) is 37.1 Å². The zero-order valence-electron chi connectivity index (χ0n) is 14.7. The van der Waals surface area contributed by atoms with Crippen molar-refractivity contribution in [2.24, 2.45) is 0 Å². The fourth-order valence-corrected chi connectivity index (χ4v) is 2.98. The first-order chi connectivity index (χ1) is 10.8. The van der Waals surface area contributed by atoms with E-state index in [1.807, 2.05) is 44.7 Å². The number of carbonyl (C=O) groups excluding carboxylic acids is 1. The summed E-state index contributed by atoms with van der Waals surface area (Å²) < 4.78 is 5.53. The molecule has 5 heteroatoms. The molecular formula is C18H29N3O2. The molecule has 0 saturated carbocycles. The van der Waals surface area contributed by atoms with Gasteiger partial charge in [0.05, 0.1) is 0 Å². The second-order valence-corrected chi connectivity index (χ2v) is 7.08. The van der Waals surface area contributed by atoms with Crippen LogP contribution in [0, 0.1) is 0 Å². The minimum Gasteiger partial charge on any atom is -0.444 e. The summed E-state index contributed by atoms with van der Waals surface area (Å²) >= 11 is 0. The lowest BCUT2D eigenvalue weighted by atomic mass is 10.0. The number of hydrogen-bond donors (Lipinski definition) is 1. The Bertz CT molecular complexity index is 514. The van der Waals surface area contributed by atoms with Crippen molar-refractivity contribution in [3.8, 4) is 0 Å². The highest BCUT2D eigenvalue weighted by atomic mass is 16.6. The van der Waals surface area contributed by atoms with E-state index in [9.17, 15) is 4.79 Å². The molecule has 1 fully saturated rings. The number of ether oxygens (including phenoxy) is 1. The van der Waals surface area contributed by atoms with Crippen molar-refractivity contribution < 1.29 is 9.53 Å². The first-order valence-corrected chi connectivity index (χ1v) is 8.40. The lowest BCUT2D eigenvalue weighted by Gasteiger charge is -2.39. The standard InChI is InChI=1S/C18H29N3O2/c1-5-21(17(22)23-18(2,3)4)16-10-12-20(13-11-16)15-8-6-14(19)7-9-15/h6-9,16H,5,10-13,19H2,1-4H3. The molecule has 23 heavy (non-hydrogen) atoms. The number of carbonyl (C=O) groups is 1. The number of nitrogen functional groups attached to an aromatic ring is 1. The quantitative estimate of drug-likeness (QED) is 0.866. The van der Waals surface area contributed by atoms with Crippen LogP contribution in [0.5, 0.6) is 0 Å². The van der Waals surface area contributed by atoms with Crippen LogP contribution in [0.4, 0.5) is 16.2 Å². The minimum absolute atomic E-state index is 0.203. The molecule has 0 aliphatic carbocycles. The van der Waals surface area contributed by atoms with Crippen molar-refractivity contribution in [2.75, 3.05) is 30.3 Å². The Morgan fingerprint density at radius 1 is 1.26 bits per heavy atom. The molecule has 0 bridgehead atoms. The summed E-state index contributed by atoms with van der Waals surface area (Å²) in [6, 6.07) is 8.23. The number of hydrogen-bond acceptors (Lipinski definition) is 4. The number of nitrogens with zero attached hydrogens (tertiary/aromatic N) is 2. The molecule has 1 aromatic carbocycles. The summed E-state index contributed by atoms with van der Waals surface area (Å²) in [6.07, 6.45) is 1.71. The Kier molecular flexibility index (Phi) is 5.39. The summed E-state index contributed by atoms with van der Waals surface area (Å²) in [6.45, 7) is 10.3. The van der Waals surface area contributed by atoms with E-state index in [1.165, 1.54) is 5.69 Å². The molecule has 0 atom stereocenters. The van der Waals surface area contributed by atoms with Crippen LogP contribution in [0.2, 0.25) is 0 Å². The van der Waals surface area contributed by atoms with Crippen molar-refractivity contribution in [1.82, 2.24) is 4.90 Å². The predicted octanol–water partition coefficient (Wildman–Crippen LogP) is 3.49.